The van der Waals surface area contributed by atoms with Crippen LogP contribution in [0.3, 0.4) is 0 Å². The quantitative estimate of drug-likeness (QED) is 0.522. The zero-order valence-electron chi connectivity index (χ0n) is 13.6. The Morgan fingerprint density at radius 3 is 2.54 bits per heavy atom. The van der Waals surface area contributed by atoms with Gasteiger partial charge in [0.1, 0.15) is 17.0 Å². The molecule has 0 bridgehead atoms. The molecule has 0 amide bonds. The fourth-order valence-electron chi connectivity index (χ4n) is 2.75. The van der Waals surface area contributed by atoms with Crippen LogP contribution < -0.4 is 5.32 Å². The molecule has 2 aromatic heterocycles. The van der Waals surface area contributed by atoms with Gasteiger partial charge in [-0.15, -0.1) is 11.3 Å². The number of para-hydroxylation sites is 1. The number of benzene rings is 2. The van der Waals surface area contributed by atoms with Gasteiger partial charge in [-0.1, -0.05) is 36.4 Å². The van der Waals surface area contributed by atoms with Gasteiger partial charge in [-0.25, -0.2) is 9.97 Å². The number of nitrogens with one attached hydrogen (secondary N) is 1. The second-order valence-electron chi connectivity index (χ2n) is 5.84. The average Bonchev–Trinajstić information content (AvgIpc) is 3.03. The third-order valence-corrected chi connectivity index (χ3v) is 5.11. The fourth-order valence-corrected chi connectivity index (χ4v) is 3.67. The number of nitrogens with zero attached hydrogens (tertiary/aromatic N) is 2. The summed E-state index contributed by atoms with van der Waals surface area (Å²) in [7, 11) is 0. The van der Waals surface area contributed by atoms with E-state index in [1.807, 2.05) is 30.3 Å². The molecule has 4 rings (SSSR count). The highest BCUT2D eigenvalue weighted by molar-refractivity contribution is 7.17. The van der Waals surface area contributed by atoms with Crippen molar-refractivity contribution in [2.45, 2.75) is 13.8 Å². The predicted molar refractivity (Wildman–Crippen MR) is 102 cm³/mol. The smallest absolute Gasteiger partial charge is 0.143 e. The lowest BCUT2D eigenvalue weighted by Crippen LogP contribution is -1.95. The molecule has 24 heavy (non-hydrogen) atoms. The first-order chi connectivity index (χ1) is 11.7. The molecule has 4 heteroatoms. The second-order valence-corrected chi connectivity index (χ2v) is 6.70. The summed E-state index contributed by atoms with van der Waals surface area (Å²) in [4.78, 5) is 9.92. The Morgan fingerprint density at radius 2 is 1.75 bits per heavy atom. The van der Waals surface area contributed by atoms with Crippen molar-refractivity contribution in [2.75, 3.05) is 5.32 Å². The van der Waals surface area contributed by atoms with Crippen LogP contribution in [0.5, 0.6) is 0 Å². The number of aromatic nitrogens is 2. The monoisotopic (exact) mass is 331 g/mol. The number of rotatable bonds is 3. The van der Waals surface area contributed by atoms with Crippen LogP contribution in [0.1, 0.15) is 11.1 Å². The molecule has 4 aromatic rings. The average molecular weight is 331 g/mol. The molecular weight excluding hydrogens is 314 g/mol. The highest BCUT2D eigenvalue weighted by Gasteiger charge is 2.13. The molecule has 118 valence electrons. The Morgan fingerprint density at radius 1 is 0.917 bits per heavy atom. The van der Waals surface area contributed by atoms with Gasteiger partial charge < -0.3 is 5.32 Å². The summed E-state index contributed by atoms with van der Waals surface area (Å²) in [6.07, 6.45) is 1.62. The third-order valence-electron chi connectivity index (χ3n) is 4.22. The predicted octanol–water partition coefficient (Wildman–Crippen LogP) is 5.72. The van der Waals surface area contributed by atoms with Crippen molar-refractivity contribution in [3.05, 3.63) is 71.4 Å². The first-order valence-corrected chi connectivity index (χ1v) is 8.72. The molecule has 0 atom stereocenters. The Bertz CT molecular complexity index is 1010. The molecule has 2 heterocycles. The minimum absolute atomic E-state index is 0.848. The Labute approximate surface area is 145 Å². The van der Waals surface area contributed by atoms with Gasteiger partial charge in [0.15, 0.2) is 0 Å². The van der Waals surface area contributed by atoms with E-state index in [4.69, 9.17) is 0 Å². The number of thiophene rings is 1. The molecular formula is C20H17N3S. The number of anilines is 2. The van der Waals surface area contributed by atoms with Crippen molar-refractivity contribution in [3.63, 3.8) is 0 Å². The molecule has 0 fully saturated rings. The van der Waals surface area contributed by atoms with Crippen LogP contribution >= 0.6 is 11.3 Å². The normalized spacial score (nSPS) is 10.9. The minimum Gasteiger partial charge on any atom is -0.340 e. The van der Waals surface area contributed by atoms with Gasteiger partial charge in [-0.2, -0.15) is 0 Å². The minimum atomic E-state index is 0.848. The molecule has 0 spiro atoms. The van der Waals surface area contributed by atoms with Crippen molar-refractivity contribution < 1.29 is 0 Å². The van der Waals surface area contributed by atoms with Gasteiger partial charge >= 0.3 is 0 Å². The lowest BCUT2D eigenvalue weighted by molar-refractivity contribution is 1.23. The van der Waals surface area contributed by atoms with Gasteiger partial charge in [0, 0.05) is 16.6 Å². The molecule has 0 aliphatic carbocycles. The molecule has 0 radical (unpaired) electrons. The zero-order valence-corrected chi connectivity index (χ0v) is 14.4. The van der Waals surface area contributed by atoms with Crippen molar-refractivity contribution in [3.8, 4) is 11.1 Å². The van der Waals surface area contributed by atoms with Gasteiger partial charge in [0.25, 0.3) is 0 Å². The summed E-state index contributed by atoms with van der Waals surface area (Å²) in [6.45, 7) is 4.28. The standard InChI is InChI=1S/C20H17N3S/c1-13-8-9-15(10-14(13)2)17-11-24-20-18(17)19(21-12-22-20)23-16-6-4-3-5-7-16/h3-12H,1-2H3,(H,21,22,23). The highest BCUT2D eigenvalue weighted by atomic mass is 32.1. The molecule has 0 unspecified atom stereocenters. The van der Waals surface area contributed by atoms with E-state index >= 15 is 0 Å². The van der Waals surface area contributed by atoms with Crippen molar-refractivity contribution in [1.29, 1.82) is 0 Å². The van der Waals surface area contributed by atoms with Crippen LogP contribution in [-0.4, -0.2) is 9.97 Å². The summed E-state index contributed by atoms with van der Waals surface area (Å²) in [5, 5.41) is 6.67. The largest absolute Gasteiger partial charge is 0.340 e. The Balaban J connectivity index is 1.86. The van der Waals surface area contributed by atoms with Crippen LogP contribution in [0.25, 0.3) is 21.3 Å². The van der Waals surface area contributed by atoms with E-state index in [0.29, 0.717) is 0 Å². The summed E-state index contributed by atoms with van der Waals surface area (Å²) < 4.78 is 0. The van der Waals surface area contributed by atoms with Crippen molar-refractivity contribution >= 4 is 33.1 Å². The first-order valence-electron chi connectivity index (χ1n) is 7.84. The second kappa shape index (κ2) is 6.06. The van der Waals surface area contributed by atoms with Gasteiger partial charge in [0.2, 0.25) is 0 Å². The van der Waals surface area contributed by atoms with E-state index in [-0.39, 0.29) is 0 Å². The molecule has 2 aromatic carbocycles. The first kappa shape index (κ1) is 14.8. The summed E-state index contributed by atoms with van der Waals surface area (Å²) in [5.41, 5.74) is 6.00. The number of aryl methyl sites for hydroxylation is 2. The number of fused-ring (bicyclic) bond motifs is 1. The summed E-state index contributed by atoms with van der Waals surface area (Å²) in [5.74, 6) is 0.848. The maximum Gasteiger partial charge on any atom is 0.143 e. The van der Waals surface area contributed by atoms with E-state index in [2.05, 4.69) is 52.7 Å². The lowest BCUT2D eigenvalue weighted by Gasteiger charge is -2.09. The molecule has 0 aliphatic rings. The maximum atomic E-state index is 4.48. The van der Waals surface area contributed by atoms with E-state index in [1.54, 1.807) is 17.7 Å². The van der Waals surface area contributed by atoms with E-state index in [1.165, 1.54) is 22.3 Å². The molecule has 0 saturated carbocycles. The molecule has 3 nitrogen and oxygen atoms in total. The summed E-state index contributed by atoms with van der Waals surface area (Å²) >= 11 is 1.65. The van der Waals surface area contributed by atoms with Crippen LogP contribution in [-0.2, 0) is 0 Å². The van der Waals surface area contributed by atoms with Crippen molar-refractivity contribution in [2.24, 2.45) is 0 Å². The fraction of sp³-hybridized carbons (Fsp3) is 0.100. The number of hydrogen-bond donors (Lipinski definition) is 1. The lowest BCUT2D eigenvalue weighted by atomic mass is 10.0. The van der Waals surface area contributed by atoms with Crippen LogP contribution in [0.4, 0.5) is 11.5 Å². The van der Waals surface area contributed by atoms with E-state index in [9.17, 15) is 0 Å². The van der Waals surface area contributed by atoms with Gasteiger partial charge in [0.05, 0.1) is 5.39 Å². The van der Waals surface area contributed by atoms with E-state index in [0.717, 1.165) is 21.7 Å². The van der Waals surface area contributed by atoms with Gasteiger partial charge in [-0.3, -0.25) is 0 Å². The van der Waals surface area contributed by atoms with E-state index < -0.39 is 0 Å². The van der Waals surface area contributed by atoms with Crippen LogP contribution in [0.15, 0.2) is 60.2 Å². The Kier molecular flexibility index (Phi) is 3.75. The summed E-state index contributed by atoms with van der Waals surface area (Å²) in [6, 6.07) is 16.7. The molecule has 1 N–H and O–H groups in total. The number of hydrogen-bond acceptors (Lipinski definition) is 4. The van der Waals surface area contributed by atoms with Crippen molar-refractivity contribution in [1.82, 2.24) is 9.97 Å². The maximum absolute atomic E-state index is 4.48. The molecule has 0 aliphatic heterocycles. The Hall–Kier alpha value is -2.72. The molecule has 0 saturated heterocycles. The SMILES string of the molecule is Cc1ccc(-c2csc3ncnc(Nc4ccccc4)c23)cc1C. The topological polar surface area (TPSA) is 37.8 Å². The third kappa shape index (κ3) is 2.65. The van der Waals surface area contributed by atoms with Crippen LogP contribution in [0, 0.1) is 13.8 Å². The zero-order chi connectivity index (χ0) is 16.5. The highest BCUT2D eigenvalue weighted by Crippen LogP contribution is 2.37. The van der Waals surface area contributed by atoms with Crippen LogP contribution in [0.2, 0.25) is 0 Å². The van der Waals surface area contributed by atoms with Gasteiger partial charge in [-0.05, 0) is 42.7 Å².